The summed E-state index contributed by atoms with van der Waals surface area (Å²) in [5, 5.41) is 19.6. The zero-order valence-corrected chi connectivity index (χ0v) is 9.38. The lowest BCUT2D eigenvalue weighted by molar-refractivity contribution is -0.385. The van der Waals surface area contributed by atoms with E-state index in [2.05, 4.69) is 5.92 Å². The lowest BCUT2D eigenvalue weighted by atomic mass is 10.1. The summed E-state index contributed by atoms with van der Waals surface area (Å²) in [4.78, 5) is 12.0. The molecule has 5 nitrogen and oxygen atoms in total. The first kappa shape index (κ1) is 12.5. The molecule has 0 saturated carbocycles. The van der Waals surface area contributed by atoms with Gasteiger partial charge in [-0.1, -0.05) is 5.92 Å². The van der Waals surface area contributed by atoms with Crippen molar-refractivity contribution < 1.29 is 4.92 Å². The van der Waals surface area contributed by atoms with E-state index < -0.39 is 4.92 Å². The molecule has 17 heavy (non-hydrogen) atoms. The molecule has 5 heteroatoms. The molecule has 0 saturated heterocycles. The summed E-state index contributed by atoms with van der Waals surface area (Å²) in [6.45, 7) is 2.92. The van der Waals surface area contributed by atoms with Crippen molar-refractivity contribution in [2.24, 2.45) is 0 Å². The Morgan fingerprint density at radius 1 is 1.59 bits per heavy atom. The van der Waals surface area contributed by atoms with Crippen LogP contribution in [0.3, 0.4) is 0 Å². The summed E-state index contributed by atoms with van der Waals surface area (Å²) >= 11 is 0. The maximum absolute atomic E-state index is 10.8. The van der Waals surface area contributed by atoms with Gasteiger partial charge in [-0.2, -0.15) is 5.26 Å². The van der Waals surface area contributed by atoms with Crippen LogP contribution in [0.4, 0.5) is 11.4 Å². The molecule has 0 aromatic heterocycles. The Kier molecular flexibility index (Phi) is 4.08. The van der Waals surface area contributed by atoms with Crippen LogP contribution in [0.25, 0.3) is 0 Å². The van der Waals surface area contributed by atoms with Crippen molar-refractivity contribution in [3.05, 3.63) is 33.9 Å². The van der Waals surface area contributed by atoms with Gasteiger partial charge in [0.05, 0.1) is 11.5 Å². The van der Waals surface area contributed by atoms with Crippen LogP contribution in [-0.4, -0.2) is 18.0 Å². The molecular weight excluding hydrogens is 218 g/mol. The topological polar surface area (TPSA) is 70.2 Å². The quantitative estimate of drug-likeness (QED) is 0.449. The molecule has 0 fully saturated rings. The van der Waals surface area contributed by atoms with E-state index >= 15 is 0 Å². The average molecular weight is 229 g/mol. The SMILES string of the molecule is C#CCN(CC)c1ccc(C#N)c([N+](=O)[O-])c1. The van der Waals surface area contributed by atoms with Gasteiger partial charge >= 0.3 is 0 Å². The van der Waals surface area contributed by atoms with E-state index in [0.717, 1.165) is 0 Å². The minimum absolute atomic E-state index is 0.0514. The lowest BCUT2D eigenvalue weighted by Gasteiger charge is -2.19. The zero-order valence-electron chi connectivity index (χ0n) is 9.38. The fourth-order valence-electron chi connectivity index (χ4n) is 1.46. The maximum Gasteiger partial charge on any atom is 0.289 e. The maximum atomic E-state index is 10.8. The van der Waals surface area contributed by atoms with Gasteiger partial charge in [0, 0.05) is 18.3 Å². The van der Waals surface area contributed by atoms with Crippen LogP contribution in [0.2, 0.25) is 0 Å². The molecule has 0 N–H and O–H groups in total. The molecule has 0 aliphatic carbocycles. The van der Waals surface area contributed by atoms with Crippen LogP contribution >= 0.6 is 0 Å². The van der Waals surface area contributed by atoms with Gasteiger partial charge in [0.15, 0.2) is 0 Å². The normalized spacial score (nSPS) is 9.12. The van der Waals surface area contributed by atoms with Crippen molar-refractivity contribution in [3.8, 4) is 18.4 Å². The van der Waals surface area contributed by atoms with Gasteiger partial charge in [-0.25, -0.2) is 0 Å². The summed E-state index contributed by atoms with van der Waals surface area (Å²) in [5.41, 5.74) is 0.507. The van der Waals surface area contributed by atoms with Gasteiger partial charge in [0.25, 0.3) is 5.69 Å². The van der Waals surface area contributed by atoms with Crippen LogP contribution < -0.4 is 4.90 Å². The van der Waals surface area contributed by atoms with E-state index in [4.69, 9.17) is 11.7 Å². The number of nitro groups is 1. The van der Waals surface area contributed by atoms with Crippen molar-refractivity contribution in [1.29, 1.82) is 5.26 Å². The average Bonchev–Trinajstić information content (AvgIpc) is 2.35. The van der Waals surface area contributed by atoms with Crippen molar-refractivity contribution in [2.75, 3.05) is 18.0 Å². The van der Waals surface area contributed by atoms with Crippen LogP contribution in [0.5, 0.6) is 0 Å². The smallest absolute Gasteiger partial charge is 0.289 e. The summed E-state index contributed by atoms with van der Waals surface area (Å²) in [6.07, 6.45) is 5.22. The van der Waals surface area contributed by atoms with E-state index in [9.17, 15) is 10.1 Å². The van der Waals surface area contributed by atoms with E-state index in [1.165, 1.54) is 12.1 Å². The molecule has 0 heterocycles. The highest BCUT2D eigenvalue weighted by atomic mass is 16.6. The van der Waals surface area contributed by atoms with E-state index in [-0.39, 0.29) is 11.3 Å². The molecule has 1 aromatic carbocycles. The number of benzene rings is 1. The molecule has 0 aliphatic rings. The van der Waals surface area contributed by atoms with Crippen molar-refractivity contribution in [3.63, 3.8) is 0 Å². The fraction of sp³-hybridized carbons (Fsp3) is 0.250. The second-order valence-corrected chi connectivity index (χ2v) is 3.29. The first-order valence-corrected chi connectivity index (χ1v) is 5.01. The molecular formula is C12H11N3O2. The van der Waals surface area contributed by atoms with Crippen molar-refractivity contribution >= 4 is 11.4 Å². The summed E-state index contributed by atoms with van der Waals surface area (Å²) in [7, 11) is 0. The minimum Gasteiger partial charge on any atom is -0.360 e. The van der Waals surface area contributed by atoms with Crippen LogP contribution in [0, 0.1) is 33.8 Å². The van der Waals surface area contributed by atoms with Gasteiger partial charge in [-0.15, -0.1) is 6.42 Å². The standard InChI is InChI=1S/C12H11N3O2/c1-3-7-14(4-2)11-6-5-10(9-13)12(8-11)15(16)17/h1,5-6,8H,4,7H2,2H3. The highest BCUT2D eigenvalue weighted by Gasteiger charge is 2.16. The Balaban J connectivity index is 3.21. The van der Waals surface area contributed by atoms with Gasteiger partial charge in [0.1, 0.15) is 11.6 Å². The third-order valence-electron chi connectivity index (χ3n) is 2.33. The first-order chi connectivity index (χ1) is 8.13. The molecule has 1 rings (SSSR count). The Bertz CT molecular complexity index is 511. The number of nitro benzene ring substituents is 1. The molecule has 0 radical (unpaired) electrons. The second kappa shape index (κ2) is 5.53. The first-order valence-electron chi connectivity index (χ1n) is 5.01. The number of hydrogen-bond acceptors (Lipinski definition) is 4. The van der Waals surface area contributed by atoms with E-state index in [1.54, 1.807) is 12.1 Å². The highest BCUT2D eigenvalue weighted by Crippen LogP contribution is 2.24. The van der Waals surface area contributed by atoms with Gasteiger partial charge < -0.3 is 4.90 Å². The third-order valence-corrected chi connectivity index (χ3v) is 2.33. The molecule has 0 amide bonds. The van der Waals surface area contributed by atoms with Gasteiger partial charge in [0.2, 0.25) is 0 Å². The van der Waals surface area contributed by atoms with Gasteiger partial charge in [-0.3, -0.25) is 10.1 Å². The Morgan fingerprint density at radius 3 is 2.76 bits per heavy atom. The molecule has 0 unspecified atom stereocenters. The molecule has 0 atom stereocenters. The summed E-state index contributed by atoms with van der Waals surface area (Å²) in [5.74, 6) is 2.49. The predicted molar refractivity (Wildman–Crippen MR) is 64.5 cm³/mol. The number of rotatable bonds is 4. The monoisotopic (exact) mass is 229 g/mol. The number of nitrogens with zero attached hydrogens (tertiary/aromatic N) is 3. The van der Waals surface area contributed by atoms with E-state index in [1.807, 2.05) is 11.8 Å². The summed E-state index contributed by atoms with van der Waals surface area (Å²) < 4.78 is 0. The van der Waals surface area contributed by atoms with Crippen molar-refractivity contribution in [1.82, 2.24) is 0 Å². The van der Waals surface area contributed by atoms with Crippen molar-refractivity contribution in [2.45, 2.75) is 6.92 Å². The minimum atomic E-state index is -0.564. The molecule has 1 aromatic rings. The molecule has 86 valence electrons. The van der Waals surface area contributed by atoms with Crippen LogP contribution in [0.1, 0.15) is 12.5 Å². The summed E-state index contributed by atoms with van der Waals surface area (Å²) in [6, 6.07) is 6.26. The lowest BCUT2D eigenvalue weighted by Crippen LogP contribution is -2.22. The number of nitriles is 1. The zero-order chi connectivity index (χ0) is 12.8. The number of anilines is 1. The van der Waals surface area contributed by atoms with E-state index in [0.29, 0.717) is 18.8 Å². The molecule has 0 bridgehead atoms. The Hall–Kier alpha value is -2.53. The van der Waals surface area contributed by atoms with Crippen LogP contribution in [-0.2, 0) is 0 Å². The Labute approximate surface area is 99.4 Å². The number of hydrogen-bond donors (Lipinski definition) is 0. The van der Waals surface area contributed by atoms with Gasteiger partial charge in [-0.05, 0) is 19.1 Å². The highest BCUT2D eigenvalue weighted by molar-refractivity contribution is 5.60. The Morgan fingerprint density at radius 2 is 2.29 bits per heavy atom. The fourth-order valence-corrected chi connectivity index (χ4v) is 1.46. The third kappa shape index (κ3) is 2.73. The molecule has 0 aliphatic heterocycles. The second-order valence-electron chi connectivity index (χ2n) is 3.29. The number of terminal acetylenes is 1. The van der Waals surface area contributed by atoms with Crippen LogP contribution in [0.15, 0.2) is 18.2 Å². The predicted octanol–water partition coefficient (Wildman–Crippen LogP) is 1.93. The largest absolute Gasteiger partial charge is 0.360 e. The molecule has 0 spiro atoms.